The lowest BCUT2D eigenvalue weighted by Gasteiger charge is -2.31. The fourth-order valence-corrected chi connectivity index (χ4v) is 3.14. The van der Waals surface area contributed by atoms with E-state index in [1.165, 1.54) is 6.26 Å². The average molecular weight is 298 g/mol. The molecule has 0 aromatic carbocycles. The van der Waals surface area contributed by atoms with Gasteiger partial charge in [-0.3, -0.25) is 9.69 Å². The molecule has 0 bridgehead atoms. The molecule has 1 aliphatic rings. The number of hydrogen-bond acceptors (Lipinski definition) is 5. The number of aliphatic hydroxyl groups is 1. The quantitative estimate of drug-likeness (QED) is 0.850. The monoisotopic (exact) mass is 298 g/mol. The summed E-state index contributed by atoms with van der Waals surface area (Å²) in [6.07, 6.45) is 1.51. The second-order valence-corrected chi connectivity index (χ2v) is 6.52. The first kappa shape index (κ1) is 15.4. The van der Waals surface area contributed by atoms with Gasteiger partial charge in [-0.15, -0.1) is 0 Å². The highest BCUT2D eigenvalue weighted by Gasteiger charge is 2.29. The van der Waals surface area contributed by atoms with Crippen molar-refractivity contribution in [3.05, 3.63) is 24.2 Å². The molecule has 1 amide bonds. The van der Waals surface area contributed by atoms with Crippen LogP contribution in [-0.4, -0.2) is 53.1 Å². The van der Waals surface area contributed by atoms with E-state index in [-0.39, 0.29) is 18.5 Å². The van der Waals surface area contributed by atoms with Crippen LogP contribution < -0.4 is 5.32 Å². The highest BCUT2D eigenvalue weighted by Crippen LogP contribution is 2.20. The molecule has 2 N–H and O–H groups in total. The number of carbonyl (C=O) groups is 1. The lowest BCUT2D eigenvalue weighted by atomic mass is 10.0. The number of nitrogens with one attached hydrogen (secondary N) is 1. The number of furan rings is 1. The summed E-state index contributed by atoms with van der Waals surface area (Å²) in [5, 5.41) is 13.1. The Morgan fingerprint density at radius 3 is 2.90 bits per heavy atom. The SMILES string of the molecule is CC(C(=O)NCC(C)(O)c1ccco1)N1CCSCC1. The van der Waals surface area contributed by atoms with Crippen LogP contribution in [0.25, 0.3) is 0 Å². The smallest absolute Gasteiger partial charge is 0.237 e. The molecular formula is C14H22N2O3S. The maximum Gasteiger partial charge on any atom is 0.237 e. The van der Waals surface area contributed by atoms with Crippen molar-refractivity contribution in [1.29, 1.82) is 0 Å². The number of thioether (sulfide) groups is 1. The van der Waals surface area contributed by atoms with E-state index in [4.69, 9.17) is 4.42 Å². The minimum absolute atomic E-state index is 0.0521. The maximum absolute atomic E-state index is 12.2. The Hall–Kier alpha value is -0.980. The van der Waals surface area contributed by atoms with Crippen LogP contribution >= 0.6 is 11.8 Å². The van der Waals surface area contributed by atoms with E-state index in [2.05, 4.69) is 10.2 Å². The number of nitrogens with zero attached hydrogens (tertiary/aromatic N) is 1. The Morgan fingerprint density at radius 1 is 1.60 bits per heavy atom. The fourth-order valence-electron chi connectivity index (χ4n) is 2.21. The largest absolute Gasteiger partial charge is 0.466 e. The average Bonchev–Trinajstić information content (AvgIpc) is 3.00. The van der Waals surface area contributed by atoms with Gasteiger partial charge >= 0.3 is 0 Å². The summed E-state index contributed by atoms with van der Waals surface area (Å²) in [7, 11) is 0. The van der Waals surface area contributed by atoms with Crippen molar-refractivity contribution in [3.8, 4) is 0 Å². The van der Waals surface area contributed by atoms with Gasteiger partial charge in [0.1, 0.15) is 11.4 Å². The highest BCUT2D eigenvalue weighted by atomic mass is 32.2. The predicted molar refractivity (Wildman–Crippen MR) is 79.6 cm³/mol. The van der Waals surface area contributed by atoms with Gasteiger partial charge in [0.2, 0.25) is 5.91 Å². The van der Waals surface area contributed by atoms with Crippen LogP contribution in [0.1, 0.15) is 19.6 Å². The summed E-state index contributed by atoms with van der Waals surface area (Å²) in [5.74, 6) is 2.55. The molecule has 2 rings (SSSR count). The van der Waals surface area contributed by atoms with Crippen molar-refractivity contribution < 1.29 is 14.3 Å². The minimum Gasteiger partial charge on any atom is -0.466 e. The Morgan fingerprint density at radius 2 is 2.30 bits per heavy atom. The molecule has 0 spiro atoms. The Bertz CT molecular complexity index is 428. The van der Waals surface area contributed by atoms with Crippen molar-refractivity contribution in [2.45, 2.75) is 25.5 Å². The van der Waals surface area contributed by atoms with Gasteiger partial charge in [-0.2, -0.15) is 11.8 Å². The zero-order valence-corrected chi connectivity index (χ0v) is 12.8. The van der Waals surface area contributed by atoms with Crippen molar-refractivity contribution >= 4 is 17.7 Å². The molecule has 2 heterocycles. The Balaban J connectivity index is 1.85. The second-order valence-electron chi connectivity index (χ2n) is 5.29. The molecule has 1 aliphatic heterocycles. The second kappa shape index (κ2) is 6.65. The van der Waals surface area contributed by atoms with E-state index in [0.29, 0.717) is 5.76 Å². The first-order chi connectivity index (χ1) is 9.50. The van der Waals surface area contributed by atoms with Gasteiger partial charge in [-0.05, 0) is 26.0 Å². The third-order valence-corrected chi connectivity index (χ3v) is 4.57. The highest BCUT2D eigenvalue weighted by molar-refractivity contribution is 7.99. The summed E-state index contributed by atoms with van der Waals surface area (Å²) in [5.41, 5.74) is -1.18. The molecule has 1 fully saturated rings. The first-order valence-electron chi connectivity index (χ1n) is 6.86. The van der Waals surface area contributed by atoms with Crippen LogP contribution in [0.2, 0.25) is 0 Å². The number of rotatable bonds is 5. The minimum atomic E-state index is -1.18. The fraction of sp³-hybridized carbons (Fsp3) is 0.643. The number of hydrogen-bond donors (Lipinski definition) is 2. The molecule has 1 aromatic heterocycles. The van der Waals surface area contributed by atoms with E-state index in [1.807, 2.05) is 18.7 Å². The van der Waals surface area contributed by atoms with Crippen molar-refractivity contribution in [1.82, 2.24) is 10.2 Å². The van der Waals surface area contributed by atoms with Gasteiger partial charge in [-0.1, -0.05) is 0 Å². The normalized spacial score (nSPS) is 21.1. The first-order valence-corrected chi connectivity index (χ1v) is 8.02. The van der Waals surface area contributed by atoms with E-state index in [1.54, 1.807) is 19.1 Å². The van der Waals surface area contributed by atoms with Gasteiger partial charge < -0.3 is 14.8 Å². The van der Waals surface area contributed by atoms with E-state index >= 15 is 0 Å². The van der Waals surface area contributed by atoms with E-state index in [9.17, 15) is 9.90 Å². The standard InChI is InChI=1S/C14H22N2O3S/c1-11(16-5-8-20-9-6-16)13(17)15-10-14(2,18)12-4-3-7-19-12/h3-4,7,11,18H,5-6,8-10H2,1-2H3,(H,15,17). The number of carbonyl (C=O) groups excluding carboxylic acids is 1. The van der Waals surface area contributed by atoms with E-state index < -0.39 is 5.60 Å². The molecule has 1 aromatic rings. The van der Waals surface area contributed by atoms with Gasteiger partial charge in [-0.25, -0.2) is 0 Å². The lowest BCUT2D eigenvalue weighted by Crippen LogP contribution is -2.50. The summed E-state index contributed by atoms with van der Waals surface area (Å²) in [6.45, 7) is 5.56. The van der Waals surface area contributed by atoms with Crippen LogP contribution in [0.5, 0.6) is 0 Å². The third-order valence-electron chi connectivity index (χ3n) is 3.63. The van der Waals surface area contributed by atoms with Crippen LogP contribution in [-0.2, 0) is 10.4 Å². The van der Waals surface area contributed by atoms with Crippen LogP contribution in [0.4, 0.5) is 0 Å². The Labute approximate surface area is 123 Å². The molecule has 20 heavy (non-hydrogen) atoms. The molecule has 6 heteroatoms. The maximum atomic E-state index is 12.2. The molecule has 1 saturated heterocycles. The molecule has 2 unspecified atom stereocenters. The van der Waals surface area contributed by atoms with Crippen molar-refractivity contribution in [2.24, 2.45) is 0 Å². The van der Waals surface area contributed by atoms with Gasteiger partial charge in [0, 0.05) is 24.6 Å². The topological polar surface area (TPSA) is 65.7 Å². The molecule has 5 nitrogen and oxygen atoms in total. The molecule has 0 radical (unpaired) electrons. The van der Waals surface area contributed by atoms with E-state index in [0.717, 1.165) is 24.6 Å². The summed E-state index contributed by atoms with van der Waals surface area (Å²) >= 11 is 1.92. The summed E-state index contributed by atoms with van der Waals surface area (Å²) in [6, 6.07) is 3.26. The number of amides is 1. The summed E-state index contributed by atoms with van der Waals surface area (Å²) in [4.78, 5) is 14.3. The predicted octanol–water partition coefficient (Wildman–Crippen LogP) is 1.04. The van der Waals surface area contributed by atoms with Crippen molar-refractivity contribution in [3.63, 3.8) is 0 Å². The van der Waals surface area contributed by atoms with Crippen LogP contribution in [0.15, 0.2) is 22.8 Å². The lowest BCUT2D eigenvalue weighted by molar-refractivity contribution is -0.127. The van der Waals surface area contributed by atoms with Crippen molar-refractivity contribution in [2.75, 3.05) is 31.1 Å². The molecule has 2 atom stereocenters. The molecular weight excluding hydrogens is 276 g/mol. The molecule has 112 valence electrons. The Kier molecular flexibility index (Phi) is 5.12. The molecule has 0 aliphatic carbocycles. The van der Waals surface area contributed by atoms with Crippen LogP contribution in [0, 0.1) is 0 Å². The van der Waals surface area contributed by atoms with Gasteiger partial charge in [0.05, 0.1) is 18.8 Å². The van der Waals surface area contributed by atoms with Gasteiger partial charge in [0.25, 0.3) is 0 Å². The third kappa shape index (κ3) is 3.77. The zero-order valence-electron chi connectivity index (χ0n) is 12.0. The van der Waals surface area contributed by atoms with Crippen LogP contribution in [0.3, 0.4) is 0 Å². The van der Waals surface area contributed by atoms with Gasteiger partial charge in [0.15, 0.2) is 0 Å². The summed E-state index contributed by atoms with van der Waals surface area (Å²) < 4.78 is 5.19. The zero-order chi connectivity index (χ0) is 14.6. The molecule has 0 saturated carbocycles.